The Morgan fingerprint density at radius 3 is 2.74 bits per heavy atom. The summed E-state index contributed by atoms with van der Waals surface area (Å²) in [6.07, 6.45) is 4.75. The molecule has 0 aliphatic carbocycles. The highest BCUT2D eigenvalue weighted by molar-refractivity contribution is 5.73. The van der Waals surface area contributed by atoms with Gasteiger partial charge in [0.05, 0.1) is 0 Å². The SMILES string of the molecule is CC(=O)N[C@H]1CCN(Cc2cnc(N(C)C)nc2)C1. The molecule has 1 aromatic heterocycles. The van der Waals surface area contributed by atoms with Gasteiger partial charge < -0.3 is 10.2 Å². The van der Waals surface area contributed by atoms with Gasteiger partial charge >= 0.3 is 0 Å². The normalized spacial score (nSPS) is 19.4. The molecule has 0 aromatic carbocycles. The monoisotopic (exact) mass is 263 g/mol. The molecule has 0 radical (unpaired) electrons. The molecule has 0 spiro atoms. The Morgan fingerprint density at radius 2 is 2.16 bits per heavy atom. The van der Waals surface area contributed by atoms with E-state index >= 15 is 0 Å². The summed E-state index contributed by atoms with van der Waals surface area (Å²) in [5.41, 5.74) is 1.11. The molecule has 1 amide bonds. The Morgan fingerprint density at radius 1 is 1.47 bits per heavy atom. The van der Waals surface area contributed by atoms with E-state index in [1.807, 2.05) is 31.4 Å². The third-order valence-electron chi connectivity index (χ3n) is 3.18. The summed E-state index contributed by atoms with van der Waals surface area (Å²) in [5, 5.41) is 2.96. The fraction of sp³-hybridized carbons (Fsp3) is 0.615. The number of nitrogens with one attached hydrogen (secondary N) is 1. The summed E-state index contributed by atoms with van der Waals surface area (Å²) in [7, 11) is 3.85. The summed E-state index contributed by atoms with van der Waals surface area (Å²) < 4.78 is 0. The zero-order valence-corrected chi connectivity index (χ0v) is 11.8. The third kappa shape index (κ3) is 3.89. The van der Waals surface area contributed by atoms with Gasteiger partial charge in [-0.3, -0.25) is 9.69 Å². The number of hydrogen-bond donors (Lipinski definition) is 1. The second kappa shape index (κ2) is 5.97. The zero-order valence-electron chi connectivity index (χ0n) is 11.8. The summed E-state index contributed by atoms with van der Waals surface area (Å²) in [5.74, 6) is 0.770. The number of carbonyl (C=O) groups is 1. The summed E-state index contributed by atoms with van der Waals surface area (Å²) in [6.45, 7) is 4.30. The van der Waals surface area contributed by atoms with Gasteiger partial charge in [0.1, 0.15) is 0 Å². The van der Waals surface area contributed by atoms with Crippen LogP contribution >= 0.6 is 0 Å². The van der Waals surface area contributed by atoms with Gasteiger partial charge in [-0.2, -0.15) is 0 Å². The predicted octanol–water partition coefficient (Wildman–Crippen LogP) is 0.253. The number of anilines is 1. The molecule has 104 valence electrons. The van der Waals surface area contributed by atoms with E-state index in [0.29, 0.717) is 0 Å². The number of hydrogen-bond acceptors (Lipinski definition) is 5. The Hall–Kier alpha value is -1.69. The number of likely N-dealkylation sites (tertiary alicyclic amines) is 1. The molecule has 1 aromatic rings. The second-order valence-corrected chi connectivity index (χ2v) is 5.21. The molecule has 0 unspecified atom stereocenters. The quantitative estimate of drug-likeness (QED) is 0.844. The molecule has 2 heterocycles. The molecule has 1 fully saturated rings. The van der Waals surface area contributed by atoms with E-state index in [0.717, 1.165) is 37.6 Å². The lowest BCUT2D eigenvalue weighted by molar-refractivity contribution is -0.119. The summed E-state index contributed by atoms with van der Waals surface area (Å²) >= 11 is 0. The van der Waals surface area contributed by atoms with Gasteiger partial charge in [-0.05, 0) is 6.42 Å². The van der Waals surface area contributed by atoms with Crippen LogP contribution < -0.4 is 10.2 Å². The van der Waals surface area contributed by atoms with Gasteiger partial charge in [0.2, 0.25) is 11.9 Å². The second-order valence-electron chi connectivity index (χ2n) is 5.21. The van der Waals surface area contributed by atoms with Crippen LogP contribution in [-0.2, 0) is 11.3 Å². The maximum Gasteiger partial charge on any atom is 0.224 e. The van der Waals surface area contributed by atoms with Crippen molar-refractivity contribution >= 4 is 11.9 Å². The van der Waals surface area contributed by atoms with Crippen LogP contribution in [-0.4, -0.2) is 54.0 Å². The number of rotatable bonds is 4. The van der Waals surface area contributed by atoms with E-state index in [-0.39, 0.29) is 11.9 Å². The van der Waals surface area contributed by atoms with E-state index in [9.17, 15) is 4.79 Å². The zero-order chi connectivity index (χ0) is 13.8. The number of amides is 1. The van der Waals surface area contributed by atoms with Gasteiger partial charge in [-0.25, -0.2) is 9.97 Å². The first kappa shape index (κ1) is 13.7. The molecule has 19 heavy (non-hydrogen) atoms. The van der Waals surface area contributed by atoms with E-state index in [2.05, 4.69) is 20.2 Å². The first-order chi connectivity index (χ1) is 9.04. The molecular weight excluding hydrogens is 242 g/mol. The maximum absolute atomic E-state index is 11.0. The van der Waals surface area contributed by atoms with Crippen LogP contribution in [0.2, 0.25) is 0 Å². The molecule has 2 rings (SSSR count). The van der Waals surface area contributed by atoms with Crippen LogP contribution in [0.3, 0.4) is 0 Å². The van der Waals surface area contributed by atoms with Crippen molar-refractivity contribution in [1.82, 2.24) is 20.2 Å². The highest BCUT2D eigenvalue weighted by Gasteiger charge is 2.22. The van der Waals surface area contributed by atoms with Gasteiger partial charge in [0, 0.05) is 64.7 Å². The average Bonchev–Trinajstić information content (AvgIpc) is 2.76. The minimum absolute atomic E-state index is 0.0468. The number of aromatic nitrogens is 2. The van der Waals surface area contributed by atoms with Crippen molar-refractivity contribution in [3.8, 4) is 0 Å². The molecule has 1 aliphatic heterocycles. The van der Waals surface area contributed by atoms with Gasteiger partial charge in [0.25, 0.3) is 0 Å². The fourth-order valence-corrected chi connectivity index (χ4v) is 2.30. The molecule has 6 nitrogen and oxygen atoms in total. The molecule has 1 aliphatic rings. The molecule has 0 bridgehead atoms. The van der Waals surface area contributed by atoms with Crippen LogP contribution in [0.15, 0.2) is 12.4 Å². The smallest absolute Gasteiger partial charge is 0.224 e. The molecule has 6 heteroatoms. The maximum atomic E-state index is 11.0. The first-order valence-electron chi connectivity index (χ1n) is 6.52. The lowest BCUT2D eigenvalue weighted by Gasteiger charge is -2.16. The Kier molecular flexibility index (Phi) is 4.31. The van der Waals surface area contributed by atoms with Gasteiger partial charge in [0.15, 0.2) is 0 Å². The first-order valence-corrected chi connectivity index (χ1v) is 6.52. The average molecular weight is 263 g/mol. The lowest BCUT2D eigenvalue weighted by atomic mass is 10.2. The topological polar surface area (TPSA) is 61.4 Å². The largest absolute Gasteiger partial charge is 0.352 e. The van der Waals surface area contributed by atoms with Crippen molar-refractivity contribution in [3.63, 3.8) is 0 Å². The van der Waals surface area contributed by atoms with Gasteiger partial charge in [-0.15, -0.1) is 0 Å². The van der Waals surface area contributed by atoms with Crippen molar-refractivity contribution in [2.75, 3.05) is 32.1 Å². The van der Waals surface area contributed by atoms with E-state index in [4.69, 9.17) is 0 Å². The molecular formula is C13H21N5O. The minimum Gasteiger partial charge on any atom is -0.352 e. The highest BCUT2D eigenvalue weighted by atomic mass is 16.1. The minimum atomic E-state index is 0.0468. The Balaban J connectivity index is 1.86. The number of nitrogens with zero attached hydrogens (tertiary/aromatic N) is 4. The van der Waals surface area contributed by atoms with Crippen molar-refractivity contribution in [3.05, 3.63) is 18.0 Å². The van der Waals surface area contributed by atoms with Crippen molar-refractivity contribution in [2.45, 2.75) is 25.9 Å². The molecule has 0 saturated carbocycles. The van der Waals surface area contributed by atoms with Crippen LogP contribution in [0.25, 0.3) is 0 Å². The highest BCUT2D eigenvalue weighted by Crippen LogP contribution is 2.13. The van der Waals surface area contributed by atoms with Crippen molar-refractivity contribution in [1.29, 1.82) is 0 Å². The summed E-state index contributed by atoms with van der Waals surface area (Å²) in [4.78, 5) is 23.8. The van der Waals surface area contributed by atoms with E-state index in [1.165, 1.54) is 0 Å². The Bertz CT molecular complexity index is 431. The van der Waals surface area contributed by atoms with Crippen LogP contribution in [0.4, 0.5) is 5.95 Å². The number of carbonyl (C=O) groups excluding carboxylic acids is 1. The molecule has 1 atom stereocenters. The lowest BCUT2D eigenvalue weighted by Crippen LogP contribution is -2.35. The van der Waals surface area contributed by atoms with Gasteiger partial charge in [-0.1, -0.05) is 0 Å². The predicted molar refractivity (Wildman–Crippen MR) is 73.9 cm³/mol. The van der Waals surface area contributed by atoms with E-state index < -0.39 is 0 Å². The van der Waals surface area contributed by atoms with Crippen LogP contribution in [0.1, 0.15) is 18.9 Å². The summed E-state index contributed by atoms with van der Waals surface area (Å²) in [6, 6.07) is 0.277. The van der Waals surface area contributed by atoms with Crippen molar-refractivity contribution < 1.29 is 4.79 Å². The standard InChI is InChI=1S/C13H21N5O/c1-10(19)16-12-4-5-18(9-12)8-11-6-14-13(15-7-11)17(2)3/h6-7,12H,4-5,8-9H2,1-3H3,(H,16,19)/t12-/m0/s1. The fourth-order valence-electron chi connectivity index (χ4n) is 2.30. The van der Waals surface area contributed by atoms with Crippen molar-refractivity contribution in [2.24, 2.45) is 0 Å². The third-order valence-corrected chi connectivity index (χ3v) is 3.18. The van der Waals surface area contributed by atoms with Crippen LogP contribution in [0, 0.1) is 0 Å². The molecule has 1 saturated heterocycles. The molecule has 1 N–H and O–H groups in total. The van der Waals surface area contributed by atoms with E-state index in [1.54, 1.807) is 6.92 Å². The van der Waals surface area contributed by atoms with Crippen LogP contribution in [0.5, 0.6) is 0 Å². The Labute approximate surface area is 113 Å².